The molecule has 2 rings (SSSR count). The Balaban J connectivity index is 2.14. The van der Waals surface area contributed by atoms with E-state index in [1.54, 1.807) is 6.07 Å². The fraction of sp³-hybridized carbons (Fsp3) is 0.467. The predicted octanol–water partition coefficient (Wildman–Crippen LogP) is 1.07. The number of aliphatic hydroxyl groups excluding tert-OH is 1. The molecule has 0 spiro atoms. The highest BCUT2D eigenvalue weighted by molar-refractivity contribution is 6.02. The molecule has 1 aromatic rings. The molecule has 0 aromatic heterocycles. The molecular weight excluding hydrogens is 291 g/mol. The maximum absolute atomic E-state index is 14.3. The van der Waals surface area contributed by atoms with Crippen LogP contribution in [0.1, 0.15) is 18.9 Å². The third-order valence-electron chi connectivity index (χ3n) is 3.48. The van der Waals surface area contributed by atoms with Crippen molar-refractivity contribution in [2.75, 3.05) is 30.4 Å². The Morgan fingerprint density at radius 2 is 2.27 bits per heavy atom. The minimum Gasteiger partial charge on any atom is -0.467 e. The number of carbonyl (C=O) groups excluding carboxylic acids is 2. The van der Waals surface area contributed by atoms with E-state index in [0.29, 0.717) is 23.5 Å². The van der Waals surface area contributed by atoms with E-state index in [9.17, 15) is 19.1 Å². The van der Waals surface area contributed by atoms with Gasteiger partial charge >= 0.3 is 5.97 Å². The number of halogens is 1. The molecule has 1 aliphatic heterocycles. The second-order valence-electron chi connectivity index (χ2n) is 5.11. The zero-order valence-electron chi connectivity index (χ0n) is 12.6. The third-order valence-corrected chi connectivity index (χ3v) is 3.48. The van der Waals surface area contributed by atoms with Gasteiger partial charge in [-0.2, -0.15) is 0 Å². The van der Waals surface area contributed by atoms with E-state index >= 15 is 0 Å². The second-order valence-corrected chi connectivity index (χ2v) is 5.11. The molecule has 2 N–H and O–H groups in total. The van der Waals surface area contributed by atoms with Crippen molar-refractivity contribution in [1.82, 2.24) is 0 Å². The first kappa shape index (κ1) is 16.2. The largest absolute Gasteiger partial charge is 0.467 e. The summed E-state index contributed by atoms with van der Waals surface area (Å²) in [5.41, 5.74) is 1.34. The Hall–Kier alpha value is -2.15. The zero-order chi connectivity index (χ0) is 16.3. The van der Waals surface area contributed by atoms with Gasteiger partial charge in [0.25, 0.3) is 0 Å². The maximum Gasteiger partial charge on any atom is 0.336 e. The Morgan fingerprint density at radius 1 is 1.55 bits per heavy atom. The minimum atomic E-state index is -1.33. The maximum atomic E-state index is 14.3. The SMILES string of the molecule is CCCN1C(=O)Cc2cc(NCC(O)C(=O)OC)cc(F)c21. The van der Waals surface area contributed by atoms with Gasteiger partial charge in [0.2, 0.25) is 5.91 Å². The van der Waals surface area contributed by atoms with Crippen LogP contribution in [0.25, 0.3) is 0 Å². The molecule has 22 heavy (non-hydrogen) atoms. The summed E-state index contributed by atoms with van der Waals surface area (Å²) < 4.78 is 18.7. The van der Waals surface area contributed by atoms with Gasteiger partial charge in [0.05, 0.1) is 25.8 Å². The van der Waals surface area contributed by atoms with Gasteiger partial charge in [-0.05, 0) is 24.1 Å². The van der Waals surface area contributed by atoms with Crippen LogP contribution in [0.5, 0.6) is 0 Å². The molecule has 0 aliphatic carbocycles. The lowest BCUT2D eigenvalue weighted by Crippen LogP contribution is -2.29. The summed E-state index contributed by atoms with van der Waals surface area (Å²) in [4.78, 5) is 24.5. The Kier molecular flexibility index (Phi) is 4.97. The average molecular weight is 310 g/mol. The molecule has 0 saturated heterocycles. The number of amides is 1. The first-order valence-corrected chi connectivity index (χ1v) is 7.10. The minimum absolute atomic E-state index is 0.0997. The van der Waals surface area contributed by atoms with E-state index in [-0.39, 0.29) is 18.9 Å². The quantitative estimate of drug-likeness (QED) is 0.769. The lowest BCUT2D eigenvalue weighted by Gasteiger charge is -2.18. The van der Waals surface area contributed by atoms with Crippen LogP contribution in [-0.2, 0) is 20.7 Å². The van der Waals surface area contributed by atoms with Gasteiger partial charge in [-0.3, -0.25) is 4.79 Å². The summed E-state index contributed by atoms with van der Waals surface area (Å²) in [6.45, 7) is 2.31. The molecule has 0 bridgehead atoms. The van der Waals surface area contributed by atoms with Crippen molar-refractivity contribution < 1.29 is 23.8 Å². The molecule has 1 amide bonds. The van der Waals surface area contributed by atoms with Gasteiger partial charge in [-0.15, -0.1) is 0 Å². The normalized spacial score (nSPS) is 14.7. The number of carbonyl (C=O) groups is 2. The number of benzene rings is 1. The van der Waals surface area contributed by atoms with E-state index in [1.807, 2.05) is 6.92 Å². The van der Waals surface area contributed by atoms with Crippen LogP contribution in [-0.4, -0.2) is 43.3 Å². The first-order chi connectivity index (χ1) is 10.5. The molecule has 1 aromatic carbocycles. The highest BCUT2D eigenvalue weighted by atomic mass is 19.1. The number of nitrogens with one attached hydrogen (secondary N) is 1. The van der Waals surface area contributed by atoms with Crippen molar-refractivity contribution in [1.29, 1.82) is 0 Å². The number of aliphatic hydroxyl groups is 1. The van der Waals surface area contributed by atoms with E-state index < -0.39 is 17.9 Å². The fourth-order valence-corrected chi connectivity index (χ4v) is 2.47. The number of ether oxygens (including phenoxy) is 1. The molecule has 1 aliphatic rings. The summed E-state index contributed by atoms with van der Waals surface area (Å²) in [6, 6.07) is 2.92. The van der Waals surface area contributed by atoms with Crippen molar-refractivity contribution in [2.45, 2.75) is 25.9 Å². The average Bonchev–Trinajstić information content (AvgIpc) is 2.80. The summed E-state index contributed by atoms with van der Waals surface area (Å²) in [7, 11) is 1.18. The first-order valence-electron chi connectivity index (χ1n) is 7.10. The van der Waals surface area contributed by atoms with Crippen molar-refractivity contribution >= 4 is 23.3 Å². The lowest BCUT2D eigenvalue weighted by molar-refractivity contribution is -0.149. The fourth-order valence-electron chi connectivity index (χ4n) is 2.47. The number of methoxy groups -OCH3 is 1. The zero-order valence-corrected chi connectivity index (χ0v) is 12.6. The molecule has 0 radical (unpaired) electrons. The number of nitrogens with zero attached hydrogens (tertiary/aromatic N) is 1. The smallest absolute Gasteiger partial charge is 0.336 e. The van der Waals surface area contributed by atoms with Gasteiger partial charge in [-0.25, -0.2) is 9.18 Å². The van der Waals surface area contributed by atoms with E-state index in [0.717, 1.165) is 6.42 Å². The number of rotatable bonds is 6. The van der Waals surface area contributed by atoms with Crippen molar-refractivity contribution in [3.05, 3.63) is 23.5 Å². The Labute approximate surface area is 127 Å². The van der Waals surface area contributed by atoms with Crippen LogP contribution >= 0.6 is 0 Å². The van der Waals surface area contributed by atoms with Gasteiger partial charge in [-0.1, -0.05) is 6.92 Å². The summed E-state index contributed by atoms with van der Waals surface area (Å²) in [5.74, 6) is -1.38. The van der Waals surface area contributed by atoms with Gasteiger partial charge in [0, 0.05) is 12.2 Å². The van der Waals surface area contributed by atoms with Crippen LogP contribution in [0.15, 0.2) is 12.1 Å². The van der Waals surface area contributed by atoms with E-state index in [4.69, 9.17) is 0 Å². The van der Waals surface area contributed by atoms with Crippen LogP contribution in [0.3, 0.4) is 0 Å². The highest BCUT2D eigenvalue weighted by Gasteiger charge is 2.30. The van der Waals surface area contributed by atoms with Crippen molar-refractivity contribution in [3.63, 3.8) is 0 Å². The number of hydrogen-bond acceptors (Lipinski definition) is 5. The van der Waals surface area contributed by atoms with E-state index in [2.05, 4.69) is 10.1 Å². The molecule has 120 valence electrons. The van der Waals surface area contributed by atoms with Gasteiger partial charge in [0.1, 0.15) is 5.82 Å². The molecule has 0 fully saturated rings. The Morgan fingerprint density at radius 3 is 2.91 bits per heavy atom. The molecule has 1 atom stereocenters. The summed E-state index contributed by atoms with van der Waals surface area (Å²) >= 11 is 0. The number of esters is 1. The molecule has 7 heteroatoms. The Bertz CT molecular complexity index is 591. The third kappa shape index (κ3) is 3.19. The summed E-state index contributed by atoms with van der Waals surface area (Å²) in [6.07, 6.45) is -0.434. The topological polar surface area (TPSA) is 78.9 Å². The van der Waals surface area contributed by atoms with Crippen molar-refractivity contribution in [2.24, 2.45) is 0 Å². The van der Waals surface area contributed by atoms with Crippen molar-refractivity contribution in [3.8, 4) is 0 Å². The number of anilines is 2. The highest BCUT2D eigenvalue weighted by Crippen LogP contribution is 2.34. The molecule has 1 unspecified atom stereocenters. The van der Waals surface area contributed by atoms with Crippen LogP contribution in [0.2, 0.25) is 0 Å². The molecular formula is C15H19FN2O4. The molecule has 1 heterocycles. The predicted molar refractivity (Wildman–Crippen MR) is 79.3 cm³/mol. The van der Waals surface area contributed by atoms with Crippen LogP contribution in [0.4, 0.5) is 15.8 Å². The molecule has 6 nitrogen and oxygen atoms in total. The number of fused-ring (bicyclic) bond motifs is 1. The lowest BCUT2D eigenvalue weighted by atomic mass is 10.1. The molecule has 0 saturated carbocycles. The van der Waals surface area contributed by atoms with Gasteiger partial charge in [0.15, 0.2) is 6.10 Å². The van der Waals surface area contributed by atoms with E-state index in [1.165, 1.54) is 18.1 Å². The van der Waals surface area contributed by atoms with Gasteiger partial charge < -0.3 is 20.1 Å². The number of hydrogen-bond donors (Lipinski definition) is 2. The van der Waals surface area contributed by atoms with Crippen LogP contribution < -0.4 is 10.2 Å². The van der Waals surface area contributed by atoms with Crippen LogP contribution in [0, 0.1) is 5.82 Å². The second kappa shape index (κ2) is 6.74. The standard InChI is InChI=1S/C15H19FN2O4/c1-3-4-18-13(20)6-9-5-10(7-11(16)14(9)18)17-8-12(19)15(21)22-2/h5,7,12,17,19H,3-4,6,8H2,1-2H3. The summed E-state index contributed by atoms with van der Waals surface area (Å²) in [5, 5.41) is 12.3. The monoisotopic (exact) mass is 310 g/mol.